The molecule has 1 aliphatic heterocycles. The van der Waals surface area contributed by atoms with Crippen molar-refractivity contribution in [3.63, 3.8) is 0 Å². The van der Waals surface area contributed by atoms with Crippen LogP contribution in [0.4, 0.5) is 0 Å². The van der Waals surface area contributed by atoms with Crippen LogP contribution in [-0.2, 0) is 16.0 Å². The monoisotopic (exact) mass is 498 g/mol. The second-order valence-corrected chi connectivity index (χ2v) is 11.3. The summed E-state index contributed by atoms with van der Waals surface area (Å²) < 4.78 is 12.3. The third-order valence-electron chi connectivity index (χ3n) is 7.92. The van der Waals surface area contributed by atoms with Gasteiger partial charge >= 0.3 is 5.97 Å². The molecule has 0 N–H and O–H groups in total. The van der Waals surface area contributed by atoms with Crippen LogP contribution in [-0.4, -0.2) is 17.4 Å². The van der Waals surface area contributed by atoms with Gasteiger partial charge in [0.25, 0.3) is 0 Å². The van der Waals surface area contributed by atoms with E-state index in [9.17, 15) is 9.59 Å². The Balaban J connectivity index is 1.91. The summed E-state index contributed by atoms with van der Waals surface area (Å²) >= 11 is 0. The topological polar surface area (TPSA) is 52.6 Å². The van der Waals surface area contributed by atoms with Crippen molar-refractivity contribution >= 4 is 11.8 Å². The number of benzene rings is 1. The van der Waals surface area contributed by atoms with Gasteiger partial charge in [-0.1, -0.05) is 71.6 Å². The number of esters is 1. The number of fused-ring (bicyclic) bond motifs is 1. The Bertz CT molecular complexity index is 913. The summed E-state index contributed by atoms with van der Waals surface area (Å²) in [4.78, 5) is 23.4. The molecule has 0 bridgehead atoms. The Morgan fingerprint density at radius 2 is 1.58 bits per heavy atom. The fourth-order valence-corrected chi connectivity index (χ4v) is 5.35. The molecule has 0 aromatic heterocycles. The molecule has 1 heterocycles. The molecular formula is C32H50O4. The summed E-state index contributed by atoms with van der Waals surface area (Å²) in [6.07, 6.45) is 18.8. The lowest BCUT2D eigenvalue weighted by atomic mass is 9.84. The largest absolute Gasteiger partial charge is 0.487 e. The molecule has 0 fully saturated rings. The van der Waals surface area contributed by atoms with E-state index in [2.05, 4.69) is 20.8 Å². The molecule has 0 amide bonds. The molecule has 1 aliphatic rings. The van der Waals surface area contributed by atoms with E-state index in [1.807, 2.05) is 20.8 Å². The van der Waals surface area contributed by atoms with Gasteiger partial charge in [0.2, 0.25) is 0 Å². The molecular weight excluding hydrogens is 448 g/mol. The van der Waals surface area contributed by atoms with Crippen molar-refractivity contribution in [3.05, 3.63) is 34.4 Å². The molecule has 0 saturated carbocycles. The summed E-state index contributed by atoms with van der Waals surface area (Å²) in [5.41, 5.74) is 3.90. The molecule has 2 unspecified atom stereocenters. The van der Waals surface area contributed by atoms with Gasteiger partial charge in [0.05, 0.1) is 0 Å². The minimum Gasteiger partial charge on any atom is -0.487 e. The molecule has 0 saturated heterocycles. The number of unbranched alkanes of at least 4 members (excludes halogenated alkanes) is 6. The van der Waals surface area contributed by atoms with Crippen molar-refractivity contribution in [1.82, 2.24) is 0 Å². The normalized spacial score (nSPS) is 18.1. The smallest absolute Gasteiger partial charge is 0.336 e. The number of hydrogen-bond donors (Lipinski definition) is 0. The van der Waals surface area contributed by atoms with E-state index < -0.39 is 5.97 Å². The first-order chi connectivity index (χ1) is 17.1. The van der Waals surface area contributed by atoms with Gasteiger partial charge in [0, 0.05) is 11.6 Å². The Labute approximate surface area is 220 Å². The molecule has 202 valence electrons. The fourth-order valence-electron chi connectivity index (χ4n) is 5.35. The average Bonchev–Trinajstić information content (AvgIpc) is 2.83. The lowest BCUT2D eigenvalue weighted by molar-refractivity contribution is -0.129. The van der Waals surface area contributed by atoms with Gasteiger partial charge in [-0.3, -0.25) is 4.79 Å². The number of allylic oxidation sites excluding steroid dienone is 1. The Hall–Kier alpha value is -2.10. The van der Waals surface area contributed by atoms with Gasteiger partial charge in [-0.15, -0.1) is 0 Å². The minimum absolute atomic E-state index is 0.155. The lowest BCUT2D eigenvalue weighted by Crippen LogP contribution is -2.37. The Morgan fingerprint density at radius 3 is 2.25 bits per heavy atom. The maximum Gasteiger partial charge on any atom is 0.336 e. The minimum atomic E-state index is -0.525. The highest BCUT2D eigenvalue weighted by atomic mass is 16.5. The first-order valence-electron chi connectivity index (χ1n) is 14.3. The number of rotatable bonds is 15. The first-order valence-corrected chi connectivity index (χ1v) is 14.3. The van der Waals surface area contributed by atoms with Gasteiger partial charge in [0.1, 0.15) is 17.1 Å². The summed E-state index contributed by atoms with van der Waals surface area (Å²) in [6.45, 7) is 14.4. The average molecular weight is 499 g/mol. The first kappa shape index (κ1) is 30.1. The van der Waals surface area contributed by atoms with Crippen molar-refractivity contribution in [2.75, 3.05) is 0 Å². The third kappa shape index (κ3) is 9.09. The molecule has 4 nitrogen and oxygen atoms in total. The highest BCUT2D eigenvalue weighted by Gasteiger charge is 2.34. The van der Waals surface area contributed by atoms with E-state index in [0.29, 0.717) is 5.75 Å². The second-order valence-electron chi connectivity index (χ2n) is 11.3. The quantitative estimate of drug-likeness (QED) is 0.105. The van der Waals surface area contributed by atoms with E-state index in [0.717, 1.165) is 53.2 Å². The zero-order valence-electron chi connectivity index (χ0n) is 24.1. The van der Waals surface area contributed by atoms with Gasteiger partial charge < -0.3 is 9.47 Å². The third-order valence-corrected chi connectivity index (χ3v) is 7.92. The maximum absolute atomic E-state index is 12.2. The molecule has 2 atom stereocenters. The van der Waals surface area contributed by atoms with Gasteiger partial charge in [-0.2, -0.15) is 0 Å². The van der Waals surface area contributed by atoms with E-state index in [1.54, 1.807) is 0 Å². The van der Waals surface area contributed by atoms with Crippen LogP contribution in [0.2, 0.25) is 0 Å². The van der Waals surface area contributed by atoms with Crippen LogP contribution in [0.1, 0.15) is 127 Å². The molecule has 1 aromatic rings. The number of hydrogen-bond acceptors (Lipinski definition) is 4. The molecule has 36 heavy (non-hydrogen) atoms. The highest BCUT2D eigenvalue weighted by molar-refractivity contribution is 5.95. The van der Waals surface area contributed by atoms with Crippen molar-refractivity contribution in [2.45, 2.75) is 138 Å². The van der Waals surface area contributed by atoms with Gasteiger partial charge in [-0.05, 0) is 89.0 Å². The SMILES string of the molecule is CCCCCCCCCC(C)CCCC1(C)CCc2c(C)c(OC(=O)/C=C\C(C)=O)c(C)c(C)c2O1. The molecule has 1 aromatic carbocycles. The van der Waals surface area contributed by atoms with Crippen LogP contribution in [0.3, 0.4) is 0 Å². The molecule has 2 rings (SSSR count). The summed E-state index contributed by atoms with van der Waals surface area (Å²) in [5, 5.41) is 0. The fraction of sp³-hybridized carbons (Fsp3) is 0.688. The number of ketones is 1. The second kappa shape index (κ2) is 14.6. The lowest BCUT2D eigenvalue weighted by Gasteiger charge is -2.38. The van der Waals surface area contributed by atoms with Crippen LogP contribution in [0, 0.1) is 26.7 Å². The van der Waals surface area contributed by atoms with Crippen molar-refractivity contribution in [1.29, 1.82) is 0 Å². The summed E-state index contributed by atoms with van der Waals surface area (Å²) in [5.74, 6) is 1.63. The van der Waals surface area contributed by atoms with Crippen LogP contribution < -0.4 is 9.47 Å². The molecule has 0 aliphatic carbocycles. The van der Waals surface area contributed by atoms with Crippen LogP contribution in [0.15, 0.2) is 12.2 Å². The molecule has 0 radical (unpaired) electrons. The summed E-state index contributed by atoms with van der Waals surface area (Å²) in [7, 11) is 0. The van der Waals surface area contributed by atoms with E-state index >= 15 is 0 Å². The van der Waals surface area contributed by atoms with Crippen LogP contribution >= 0.6 is 0 Å². The predicted molar refractivity (Wildman–Crippen MR) is 149 cm³/mol. The maximum atomic E-state index is 12.2. The van der Waals surface area contributed by atoms with E-state index in [1.165, 1.54) is 83.3 Å². The molecule has 4 heteroatoms. The Kier molecular flexibility index (Phi) is 12.2. The predicted octanol–water partition coefficient (Wildman–Crippen LogP) is 8.69. The number of ether oxygens (including phenoxy) is 2. The molecule has 0 spiro atoms. The van der Waals surface area contributed by atoms with E-state index in [-0.39, 0.29) is 11.4 Å². The Morgan fingerprint density at radius 1 is 0.944 bits per heavy atom. The highest BCUT2D eigenvalue weighted by Crippen LogP contribution is 2.45. The standard InChI is InChI=1S/C32H50O4/c1-8-9-10-11-12-13-14-16-23(2)17-15-21-32(7)22-20-28-27(6)30(25(4)26(5)31(28)36-32)35-29(34)19-18-24(3)33/h18-19,23H,8-17,20-22H2,1-7H3/b19-18-. The van der Waals surface area contributed by atoms with Gasteiger partial charge in [-0.25, -0.2) is 4.79 Å². The van der Waals surface area contributed by atoms with Crippen molar-refractivity contribution in [3.8, 4) is 11.5 Å². The van der Waals surface area contributed by atoms with E-state index in [4.69, 9.17) is 9.47 Å². The zero-order valence-corrected chi connectivity index (χ0v) is 24.1. The van der Waals surface area contributed by atoms with Crippen molar-refractivity contribution in [2.24, 2.45) is 5.92 Å². The number of carbonyl (C=O) groups is 2. The van der Waals surface area contributed by atoms with Gasteiger partial charge in [0.15, 0.2) is 5.78 Å². The zero-order chi connectivity index (χ0) is 26.7. The van der Waals surface area contributed by atoms with Crippen LogP contribution in [0.5, 0.6) is 11.5 Å². The summed E-state index contributed by atoms with van der Waals surface area (Å²) in [6, 6.07) is 0. The number of carbonyl (C=O) groups excluding carboxylic acids is 2. The van der Waals surface area contributed by atoms with Crippen molar-refractivity contribution < 1.29 is 19.1 Å². The van der Waals surface area contributed by atoms with Crippen LogP contribution in [0.25, 0.3) is 0 Å².